The lowest BCUT2D eigenvalue weighted by Gasteiger charge is -2.15. The number of benzene rings is 1. The molecule has 2 aromatic heterocycles. The van der Waals surface area contributed by atoms with Crippen LogP contribution in [0.4, 0.5) is 0 Å². The minimum Gasteiger partial charge on any atom is -0.307 e. The first-order valence-electron chi connectivity index (χ1n) is 6.39. The van der Waals surface area contributed by atoms with E-state index in [0.717, 1.165) is 26.8 Å². The van der Waals surface area contributed by atoms with Gasteiger partial charge in [-0.2, -0.15) is 10.2 Å². The number of aryl methyl sites for hydroxylation is 2. The van der Waals surface area contributed by atoms with Crippen LogP contribution in [0.15, 0.2) is 34.9 Å². The second-order valence-electron chi connectivity index (χ2n) is 4.75. The summed E-state index contributed by atoms with van der Waals surface area (Å²) >= 11 is 3.57. The molecule has 6 heteroatoms. The fourth-order valence-corrected chi connectivity index (χ4v) is 3.18. The lowest BCUT2D eigenvalue weighted by molar-refractivity contribution is 0.584. The number of halogens is 1. The van der Waals surface area contributed by atoms with Crippen LogP contribution in [0.1, 0.15) is 17.4 Å². The van der Waals surface area contributed by atoms with Crippen molar-refractivity contribution in [2.24, 2.45) is 14.1 Å². The standard InChI is InChI=1S/C14H16BrN5/c1-16-13(14-10(15)8-17-20(14)3)12-9-6-4-5-7-11(9)19(2)18-12/h4-8,13,16H,1-3H3. The Morgan fingerprint density at radius 2 is 1.95 bits per heavy atom. The fraction of sp³-hybridized carbons (Fsp3) is 0.286. The molecule has 3 rings (SSSR count). The predicted molar refractivity (Wildman–Crippen MR) is 82.5 cm³/mol. The lowest BCUT2D eigenvalue weighted by Crippen LogP contribution is -2.22. The number of aromatic nitrogens is 4. The molecular formula is C14H16BrN5. The fourth-order valence-electron chi connectivity index (χ4n) is 2.60. The molecule has 0 radical (unpaired) electrons. The molecule has 1 N–H and O–H groups in total. The third-order valence-electron chi connectivity index (χ3n) is 3.56. The Morgan fingerprint density at radius 3 is 2.60 bits per heavy atom. The summed E-state index contributed by atoms with van der Waals surface area (Å²) in [6, 6.07) is 8.24. The summed E-state index contributed by atoms with van der Waals surface area (Å²) in [6.07, 6.45) is 1.81. The molecule has 0 saturated carbocycles. The van der Waals surface area contributed by atoms with Gasteiger partial charge in [0.15, 0.2) is 0 Å². The molecule has 2 heterocycles. The zero-order valence-corrected chi connectivity index (χ0v) is 13.2. The van der Waals surface area contributed by atoms with E-state index in [4.69, 9.17) is 5.10 Å². The second-order valence-corrected chi connectivity index (χ2v) is 5.60. The maximum Gasteiger partial charge on any atom is 0.0955 e. The molecule has 1 atom stereocenters. The van der Waals surface area contributed by atoms with E-state index in [1.165, 1.54) is 0 Å². The summed E-state index contributed by atoms with van der Waals surface area (Å²) in [5.74, 6) is 0. The van der Waals surface area contributed by atoms with E-state index in [-0.39, 0.29) is 6.04 Å². The van der Waals surface area contributed by atoms with E-state index in [1.807, 2.05) is 48.8 Å². The predicted octanol–water partition coefficient (Wildman–Crippen LogP) is 2.38. The first kappa shape index (κ1) is 13.3. The van der Waals surface area contributed by atoms with Crippen LogP contribution in [-0.2, 0) is 14.1 Å². The molecule has 104 valence electrons. The highest BCUT2D eigenvalue weighted by molar-refractivity contribution is 9.10. The van der Waals surface area contributed by atoms with Gasteiger partial charge in [-0.25, -0.2) is 0 Å². The quantitative estimate of drug-likeness (QED) is 0.800. The van der Waals surface area contributed by atoms with Gasteiger partial charge in [0.2, 0.25) is 0 Å². The monoisotopic (exact) mass is 333 g/mol. The summed E-state index contributed by atoms with van der Waals surface area (Å²) in [4.78, 5) is 0. The van der Waals surface area contributed by atoms with Crippen molar-refractivity contribution in [3.8, 4) is 0 Å². The second kappa shape index (κ2) is 5.03. The number of rotatable bonds is 3. The van der Waals surface area contributed by atoms with E-state index in [2.05, 4.69) is 38.5 Å². The smallest absolute Gasteiger partial charge is 0.0955 e. The Kier molecular flexibility index (Phi) is 3.35. The van der Waals surface area contributed by atoms with Crippen LogP contribution >= 0.6 is 15.9 Å². The van der Waals surface area contributed by atoms with E-state index in [9.17, 15) is 0 Å². The summed E-state index contributed by atoms with van der Waals surface area (Å²) in [7, 11) is 5.85. The molecule has 0 amide bonds. The van der Waals surface area contributed by atoms with Crippen molar-refractivity contribution in [2.75, 3.05) is 7.05 Å². The molecule has 3 aromatic rings. The highest BCUT2D eigenvalue weighted by Crippen LogP contribution is 2.31. The van der Waals surface area contributed by atoms with E-state index < -0.39 is 0 Å². The maximum absolute atomic E-state index is 4.69. The van der Waals surface area contributed by atoms with Crippen LogP contribution in [0.5, 0.6) is 0 Å². The normalized spacial score (nSPS) is 13.0. The van der Waals surface area contributed by atoms with Gasteiger partial charge in [-0.3, -0.25) is 9.36 Å². The largest absolute Gasteiger partial charge is 0.307 e. The molecular weight excluding hydrogens is 318 g/mol. The van der Waals surface area contributed by atoms with Crippen LogP contribution in [0.2, 0.25) is 0 Å². The third kappa shape index (κ3) is 1.96. The van der Waals surface area contributed by atoms with E-state index >= 15 is 0 Å². The number of nitrogens with zero attached hydrogens (tertiary/aromatic N) is 4. The van der Waals surface area contributed by atoms with Gasteiger partial charge in [0, 0.05) is 19.5 Å². The Balaban J connectivity index is 2.23. The van der Waals surface area contributed by atoms with Crippen molar-refractivity contribution < 1.29 is 0 Å². The van der Waals surface area contributed by atoms with Crippen LogP contribution in [0.25, 0.3) is 10.9 Å². The Morgan fingerprint density at radius 1 is 1.20 bits per heavy atom. The van der Waals surface area contributed by atoms with Gasteiger partial charge >= 0.3 is 0 Å². The summed E-state index contributed by atoms with van der Waals surface area (Å²) < 4.78 is 4.77. The first-order valence-corrected chi connectivity index (χ1v) is 7.19. The lowest BCUT2D eigenvalue weighted by atomic mass is 10.1. The minimum atomic E-state index is -0.0111. The van der Waals surface area contributed by atoms with Crippen molar-refractivity contribution in [3.05, 3.63) is 46.3 Å². The first-order chi connectivity index (χ1) is 9.63. The zero-order valence-electron chi connectivity index (χ0n) is 11.6. The van der Waals surface area contributed by atoms with Crippen LogP contribution in [0.3, 0.4) is 0 Å². The molecule has 1 aromatic carbocycles. The average molecular weight is 334 g/mol. The molecule has 0 spiro atoms. The molecule has 1 unspecified atom stereocenters. The van der Waals surface area contributed by atoms with Crippen molar-refractivity contribution in [1.29, 1.82) is 0 Å². The molecule has 0 aliphatic rings. The molecule has 5 nitrogen and oxygen atoms in total. The highest BCUT2D eigenvalue weighted by atomic mass is 79.9. The topological polar surface area (TPSA) is 47.7 Å². The average Bonchev–Trinajstić information content (AvgIpc) is 2.95. The molecule has 0 aliphatic carbocycles. The van der Waals surface area contributed by atoms with Gasteiger partial charge in [0.25, 0.3) is 0 Å². The molecule has 0 fully saturated rings. The number of hydrogen-bond acceptors (Lipinski definition) is 3. The van der Waals surface area contributed by atoms with Crippen molar-refractivity contribution in [3.63, 3.8) is 0 Å². The van der Waals surface area contributed by atoms with Gasteiger partial charge < -0.3 is 5.32 Å². The van der Waals surface area contributed by atoms with Crippen molar-refractivity contribution >= 4 is 26.8 Å². The van der Waals surface area contributed by atoms with Crippen LogP contribution < -0.4 is 5.32 Å². The van der Waals surface area contributed by atoms with Crippen molar-refractivity contribution in [2.45, 2.75) is 6.04 Å². The Hall–Kier alpha value is -1.66. The third-order valence-corrected chi connectivity index (χ3v) is 4.17. The SMILES string of the molecule is CNC(c1nn(C)c2ccccc12)c1c(Br)cnn1C. The van der Waals surface area contributed by atoms with Gasteiger partial charge in [-0.15, -0.1) is 0 Å². The maximum atomic E-state index is 4.69. The Bertz CT molecular complexity index is 739. The van der Waals surface area contributed by atoms with E-state index in [1.54, 1.807) is 0 Å². The van der Waals surface area contributed by atoms with E-state index in [0.29, 0.717) is 0 Å². The molecule has 20 heavy (non-hydrogen) atoms. The minimum absolute atomic E-state index is 0.0111. The highest BCUT2D eigenvalue weighted by Gasteiger charge is 2.24. The summed E-state index contributed by atoms with van der Waals surface area (Å²) in [6.45, 7) is 0. The number of hydrogen-bond donors (Lipinski definition) is 1. The number of para-hydroxylation sites is 1. The van der Waals surface area contributed by atoms with Gasteiger partial charge in [0.05, 0.1) is 33.6 Å². The number of fused-ring (bicyclic) bond motifs is 1. The number of nitrogens with one attached hydrogen (secondary N) is 1. The molecule has 0 aliphatic heterocycles. The van der Waals surface area contributed by atoms with Gasteiger partial charge in [-0.05, 0) is 29.0 Å². The van der Waals surface area contributed by atoms with Crippen molar-refractivity contribution in [1.82, 2.24) is 24.9 Å². The van der Waals surface area contributed by atoms with Gasteiger partial charge in [0.1, 0.15) is 0 Å². The van der Waals surface area contributed by atoms with Crippen LogP contribution in [-0.4, -0.2) is 26.6 Å². The summed E-state index contributed by atoms with van der Waals surface area (Å²) in [5, 5.41) is 13.5. The molecule has 0 bridgehead atoms. The van der Waals surface area contributed by atoms with Gasteiger partial charge in [-0.1, -0.05) is 18.2 Å². The zero-order chi connectivity index (χ0) is 14.3. The summed E-state index contributed by atoms with van der Waals surface area (Å²) in [5.41, 5.74) is 3.20. The van der Waals surface area contributed by atoms with Crippen LogP contribution in [0, 0.1) is 0 Å². The Labute approximate surface area is 125 Å². The molecule has 0 saturated heterocycles.